The Morgan fingerprint density at radius 1 is 0.647 bits per heavy atom. The van der Waals surface area contributed by atoms with Gasteiger partial charge in [-0.25, -0.2) is 4.21 Å². The second-order valence-corrected chi connectivity index (χ2v) is 10.3. The molecule has 4 aromatic carbocycles. The largest absolute Gasteiger partial charge is 0.276 e. The van der Waals surface area contributed by atoms with Crippen LogP contribution in [-0.4, -0.2) is 10.1 Å². The van der Waals surface area contributed by atoms with E-state index < -0.39 is 21.6 Å². The highest BCUT2D eigenvalue weighted by atomic mass is 32.2. The van der Waals surface area contributed by atoms with Crippen molar-refractivity contribution in [2.24, 2.45) is 0 Å². The summed E-state index contributed by atoms with van der Waals surface area (Å²) >= 11 is -1.90. The Balaban J connectivity index is 1.60. The third kappa shape index (κ3) is 2.21. The van der Waals surface area contributed by atoms with Crippen LogP contribution in [0, 0.1) is 0 Å². The first kappa shape index (κ1) is 19.9. The number of benzene rings is 4. The van der Waals surface area contributed by atoms with E-state index in [0.717, 1.165) is 27.9 Å². The SMILES string of the molecule is O=C1N(c2ccccc2)[C@@]2(c3ccccc3)OS(=O)[C@]1(c1ccccc1)[C@@H]1c3ccccc3[C@@H]12. The molecular weight excluding hydrogens is 442 g/mol. The van der Waals surface area contributed by atoms with Gasteiger partial charge in [-0.15, -0.1) is 0 Å². The van der Waals surface area contributed by atoms with Crippen molar-refractivity contribution >= 4 is 22.7 Å². The van der Waals surface area contributed by atoms with Gasteiger partial charge in [-0.3, -0.25) is 13.9 Å². The van der Waals surface area contributed by atoms with Crippen LogP contribution in [0.1, 0.15) is 34.1 Å². The molecule has 0 saturated carbocycles. The van der Waals surface area contributed by atoms with Gasteiger partial charge in [-0.1, -0.05) is 103 Å². The predicted octanol–water partition coefficient (Wildman–Crippen LogP) is 5.36. The smallest absolute Gasteiger partial charge is 0.256 e. The maximum absolute atomic E-state index is 14.8. The summed E-state index contributed by atoms with van der Waals surface area (Å²) in [5, 5.41) is 0. The molecule has 3 fully saturated rings. The third-order valence-corrected chi connectivity index (χ3v) is 9.18. The van der Waals surface area contributed by atoms with Crippen molar-refractivity contribution in [3.63, 3.8) is 0 Å². The van der Waals surface area contributed by atoms with Crippen molar-refractivity contribution in [3.8, 4) is 0 Å². The van der Waals surface area contributed by atoms with Gasteiger partial charge in [-0.05, 0) is 28.8 Å². The van der Waals surface area contributed by atoms with E-state index in [4.69, 9.17) is 4.18 Å². The average molecular weight is 464 g/mol. The Morgan fingerprint density at radius 3 is 1.76 bits per heavy atom. The fraction of sp³-hybridized carbons (Fsp3) is 0.138. The summed E-state index contributed by atoms with van der Waals surface area (Å²) in [6.45, 7) is 0. The van der Waals surface area contributed by atoms with Gasteiger partial charge in [0.25, 0.3) is 5.91 Å². The summed E-state index contributed by atoms with van der Waals surface area (Å²) in [7, 11) is 0. The number of carbonyl (C=O) groups excluding carboxylic acids is 1. The Morgan fingerprint density at radius 2 is 1.15 bits per heavy atom. The highest BCUT2D eigenvalue weighted by Gasteiger charge is 2.79. The molecule has 0 N–H and O–H groups in total. The van der Waals surface area contributed by atoms with Crippen LogP contribution in [0.3, 0.4) is 0 Å². The molecule has 3 heterocycles. The van der Waals surface area contributed by atoms with Gasteiger partial charge < -0.3 is 0 Å². The second kappa shape index (κ2) is 6.98. The number of hydrogen-bond donors (Lipinski definition) is 0. The van der Waals surface area contributed by atoms with Gasteiger partial charge in [0.15, 0.2) is 21.6 Å². The number of rotatable bonds is 3. The van der Waals surface area contributed by atoms with Gasteiger partial charge in [0.2, 0.25) is 0 Å². The Bertz CT molecular complexity index is 1440. The number of para-hydroxylation sites is 1. The average Bonchev–Trinajstić information content (AvgIpc) is 2.88. The molecule has 2 bridgehead atoms. The molecule has 4 nitrogen and oxygen atoms in total. The van der Waals surface area contributed by atoms with Crippen LogP contribution in [-0.2, 0) is 30.5 Å². The van der Waals surface area contributed by atoms with Gasteiger partial charge in [-0.2, -0.15) is 0 Å². The predicted molar refractivity (Wildman–Crippen MR) is 131 cm³/mol. The second-order valence-electron chi connectivity index (χ2n) is 9.04. The van der Waals surface area contributed by atoms with Gasteiger partial charge >= 0.3 is 0 Å². The number of carbonyl (C=O) groups is 1. The molecule has 4 aromatic rings. The van der Waals surface area contributed by atoms with Crippen LogP contribution in [0.4, 0.5) is 5.69 Å². The molecule has 8 rings (SSSR count). The number of hydrogen-bond acceptors (Lipinski definition) is 3. The fourth-order valence-corrected chi connectivity index (χ4v) is 7.94. The molecule has 0 aromatic heterocycles. The highest BCUT2D eigenvalue weighted by molar-refractivity contribution is 7.82. The summed E-state index contributed by atoms with van der Waals surface area (Å²) in [6, 6.07) is 37.1. The summed E-state index contributed by atoms with van der Waals surface area (Å²) in [5.74, 6) is -0.607. The minimum Gasteiger partial charge on any atom is -0.276 e. The highest BCUT2D eigenvalue weighted by Crippen LogP contribution is 2.73. The van der Waals surface area contributed by atoms with Gasteiger partial charge in [0.1, 0.15) is 0 Å². The molecule has 1 unspecified atom stereocenters. The van der Waals surface area contributed by atoms with E-state index in [1.807, 2.05) is 103 Å². The Labute approximate surface area is 200 Å². The molecule has 0 spiro atoms. The molecule has 3 aliphatic heterocycles. The van der Waals surface area contributed by atoms with E-state index in [1.54, 1.807) is 4.90 Å². The van der Waals surface area contributed by atoms with Crippen LogP contribution in [0.15, 0.2) is 115 Å². The van der Waals surface area contributed by atoms with Crippen LogP contribution >= 0.6 is 0 Å². The summed E-state index contributed by atoms with van der Waals surface area (Å²) < 4.78 is 19.5. The van der Waals surface area contributed by atoms with Crippen molar-refractivity contribution < 1.29 is 13.2 Å². The zero-order chi connectivity index (χ0) is 22.9. The maximum atomic E-state index is 14.8. The zero-order valence-corrected chi connectivity index (χ0v) is 19.0. The molecular formula is C29H21NO3S. The van der Waals surface area contributed by atoms with Crippen LogP contribution in [0.25, 0.3) is 0 Å². The van der Waals surface area contributed by atoms with E-state index in [1.165, 1.54) is 0 Å². The molecule has 1 amide bonds. The molecule has 1 aliphatic carbocycles. The van der Waals surface area contributed by atoms with Crippen molar-refractivity contribution in [1.82, 2.24) is 0 Å². The molecule has 5 atom stereocenters. The molecule has 34 heavy (non-hydrogen) atoms. The van der Waals surface area contributed by atoms with Crippen LogP contribution in [0.5, 0.6) is 0 Å². The lowest BCUT2D eigenvalue weighted by Gasteiger charge is -2.67. The quantitative estimate of drug-likeness (QED) is 0.411. The van der Waals surface area contributed by atoms with Crippen molar-refractivity contribution in [2.75, 3.05) is 4.90 Å². The first-order chi connectivity index (χ1) is 16.7. The van der Waals surface area contributed by atoms with Crippen LogP contribution in [0.2, 0.25) is 0 Å². The maximum Gasteiger partial charge on any atom is 0.256 e. The summed E-state index contributed by atoms with van der Waals surface area (Å²) in [4.78, 5) is 16.5. The van der Waals surface area contributed by atoms with Gasteiger partial charge in [0, 0.05) is 23.1 Å². The lowest BCUT2D eigenvalue weighted by molar-refractivity contribution is -0.140. The van der Waals surface area contributed by atoms with Crippen molar-refractivity contribution in [3.05, 3.63) is 138 Å². The topological polar surface area (TPSA) is 46.6 Å². The number of amides is 1. The molecule has 166 valence electrons. The third-order valence-electron chi connectivity index (χ3n) is 7.58. The molecule has 0 radical (unpaired) electrons. The van der Waals surface area contributed by atoms with Crippen LogP contribution < -0.4 is 4.90 Å². The number of piperidine rings is 1. The molecule has 4 aliphatic rings. The zero-order valence-electron chi connectivity index (χ0n) is 18.2. The lowest BCUT2D eigenvalue weighted by Crippen LogP contribution is -2.77. The molecule has 5 heteroatoms. The fourth-order valence-electron chi connectivity index (χ4n) is 6.27. The molecule has 3 saturated heterocycles. The number of fused-ring (bicyclic) bond motifs is 3. The first-order valence-corrected chi connectivity index (χ1v) is 12.5. The van der Waals surface area contributed by atoms with E-state index in [2.05, 4.69) is 12.1 Å². The van der Waals surface area contributed by atoms with E-state index in [0.29, 0.717) is 0 Å². The Hall–Kier alpha value is -3.54. The number of nitrogens with zero attached hydrogens (tertiary/aromatic N) is 1. The van der Waals surface area contributed by atoms with E-state index >= 15 is 0 Å². The normalized spacial score (nSPS) is 30.9. The standard InChI is InChI=1S/C29H21NO3S/c31-27-28(20-12-4-1-5-13-20)25-23-18-10-11-19-24(23)26(25)29(33-34(28)32,21-14-6-2-7-15-21)30(27)22-16-8-3-9-17-22/h1-19,25-26H/t25-,26+,28-,29+,34?/m1/s1. The van der Waals surface area contributed by atoms with Crippen molar-refractivity contribution in [2.45, 2.75) is 22.3 Å². The number of anilines is 1. The summed E-state index contributed by atoms with van der Waals surface area (Å²) in [5.41, 5.74) is 3.30. The van der Waals surface area contributed by atoms with E-state index in [-0.39, 0.29) is 17.7 Å². The minimum absolute atomic E-state index is 0.165. The first-order valence-electron chi connectivity index (χ1n) is 11.4. The van der Waals surface area contributed by atoms with Crippen molar-refractivity contribution in [1.29, 1.82) is 0 Å². The van der Waals surface area contributed by atoms with E-state index in [9.17, 15) is 9.00 Å². The Kier molecular flexibility index (Phi) is 4.08. The monoisotopic (exact) mass is 463 g/mol. The summed E-state index contributed by atoms with van der Waals surface area (Å²) in [6.07, 6.45) is 0. The van der Waals surface area contributed by atoms with Gasteiger partial charge in [0.05, 0.1) is 0 Å². The lowest BCUT2D eigenvalue weighted by atomic mass is 9.53. The minimum atomic E-state index is -1.90.